The number of phosphoric ester groups is 2. The van der Waals surface area contributed by atoms with E-state index in [4.69, 9.17) is 41.5 Å². The van der Waals surface area contributed by atoms with E-state index in [1.54, 1.807) is 4.57 Å². The summed E-state index contributed by atoms with van der Waals surface area (Å²) in [5, 5.41) is 0. The molecule has 0 radical (unpaired) electrons. The van der Waals surface area contributed by atoms with Gasteiger partial charge in [0.05, 0.1) is 44.1 Å². The molecule has 0 amide bonds. The van der Waals surface area contributed by atoms with Gasteiger partial charge in [0.1, 0.15) is 35.9 Å². The number of nitrogen functional groups attached to an aromatic ring is 2. The third-order valence-corrected chi connectivity index (χ3v) is 8.50. The molecule has 6 heterocycles. The van der Waals surface area contributed by atoms with E-state index in [9.17, 15) is 23.8 Å². The largest absolute Gasteiger partial charge is 0.472 e. The molecule has 6 rings (SSSR count). The standard InChI is InChI=1S/C20H28N12O10P2/c21-9-1-8(40-19(9)31-6-29-12-15(23)25-4-27-17(12)31)2-39-44(36,37)42-14-10(3-38-43(33,34)35)41-20(11(14)22)32-7-30-13-16(24)26-5-28-18(13)32/h4-11,14,19-20H,1-3,21-22H2,(H,36,37)(H2,23,25,27)(H2,24,26,28)(H2,33,34,35)/t8-,9-,10?,11?,14?,19?,20?/m0/s1. The lowest BCUT2D eigenvalue weighted by molar-refractivity contribution is -0.0481. The Balaban J connectivity index is 1.15. The molecule has 0 saturated carbocycles. The second-order valence-corrected chi connectivity index (χ2v) is 12.6. The smallest absolute Gasteiger partial charge is 0.382 e. The van der Waals surface area contributed by atoms with E-state index in [1.165, 1.54) is 29.9 Å². The van der Waals surface area contributed by atoms with Crippen molar-refractivity contribution in [3.05, 3.63) is 25.3 Å². The molecule has 4 aromatic heterocycles. The van der Waals surface area contributed by atoms with E-state index in [1.807, 2.05) is 0 Å². The molecule has 2 aliphatic heterocycles. The SMILES string of the molecule is Nc1ncnc2c1ncn2C1OC(COP(=O)(O)O)C(OP(=O)(O)OC[C@@H]2C[C@H](N)C(n3cnc4c(N)ncnc43)O2)C1N. The maximum Gasteiger partial charge on any atom is 0.472 e. The first-order valence-corrected chi connectivity index (χ1v) is 15.9. The summed E-state index contributed by atoms with van der Waals surface area (Å²) < 4.78 is 54.4. The van der Waals surface area contributed by atoms with Crippen LogP contribution >= 0.6 is 15.6 Å². The van der Waals surface area contributed by atoms with Crippen LogP contribution in [0.4, 0.5) is 11.6 Å². The van der Waals surface area contributed by atoms with Crippen LogP contribution in [0, 0.1) is 0 Å². The summed E-state index contributed by atoms with van der Waals surface area (Å²) in [6, 6.07) is -1.77. The number of rotatable bonds is 10. The van der Waals surface area contributed by atoms with Crippen molar-refractivity contribution in [1.29, 1.82) is 0 Å². The summed E-state index contributed by atoms with van der Waals surface area (Å²) in [6.07, 6.45) is 0.0348. The number of aromatic nitrogens is 8. The van der Waals surface area contributed by atoms with Crippen molar-refractivity contribution in [2.45, 2.75) is 49.3 Å². The number of imidazole rings is 2. The highest BCUT2D eigenvalue weighted by Crippen LogP contribution is 2.49. The predicted octanol–water partition coefficient (Wildman–Crippen LogP) is -1.72. The van der Waals surface area contributed by atoms with E-state index in [0.717, 1.165) is 0 Å². The minimum absolute atomic E-state index is 0.0810. The number of nitrogens with two attached hydrogens (primary N) is 4. The van der Waals surface area contributed by atoms with Gasteiger partial charge in [0.2, 0.25) is 0 Å². The van der Waals surface area contributed by atoms with Crippen LogP contribution in [0.25, 0.3) is 22.3 Å². The van der Waals surface area contributed by atoms with Crippen molar-refractivity contribution in [3.8, 4) is 0 Å². The van der Waals surface area contributed by atoms with Crippen molar-refractivity contribution in [2.24, 2.45) is 11.5 Å². The van der Waals surface area contributed by atoms with E-state index < -0.39 is 71.7 Å². The van der Waals surface area contributed by atoms with Crippen molar-refractivity contribution < 1.29 is 46.9 Å². The minimum atomic E-state index is -4.96. The zero-order valence-electron chi connectivity index (χ0n) is 22.5. The summed E-state index contributed by atoms with van der Waals surface area (Å²) in [7, 11) is -9.86. The fraction of sp³-hybridized carbons (Fsp3) is 0.500. The van der Waals surface area contributed by atoms with Gasteiger partial charge in [-0.15, -0.1) is 0 Å². The monoisotopic (exact) mass is 658 g/mol. The van der Waals surface area contributed by atoms with Gasteiger partial charge in [-0.3, -0.25) is 22.7 Å². The molecule has 0 bridgehead atoms. The van der Waals surface area contributed by atoms with Gasteiger partial charge in [0.25, 0.3) is 0 Å². The highest BCUT2D eigenvalue weighted by atomic mass is 31.2. The van der Waals surface area contributed by atoms with Gasteiger partial charge in [0.15, 0.2) is 35.4 Å². The number of hydrogen-bond acceptors (Lipinski definition) is 17. The number of fused-ring (bicyclic) bond motifs is 2. The zero-order valence-corrected chi connectivity index (χ0v) is 24.2. The molecule has 4 aromatic rings. The number of hydrogen-bond donors (Lipinski definition) is 7. The number of phosphoric acid groups is 2. The molecular formula is C20H28N12O10P2. The van der Waals surface area contributed by atoms with E-state index in [2.05, 4.69) is 34.4 Å². The van der Waals surface area contributed by atoms with Crippen molar-refractivity contribution in [3.63, 3.8) is 0 Å². The van der Waals surface area contributed by atoms with Gasteiger partial charge in [-0.1, -0.05) is 0 Å². The molecular weight excluding hydrogens is 630 g/mol. The van der Waals surface area contributed by atoms with Gasteiger partial charge in [0, 0.05) is 0 Å². The first-order valence-electron chi connectivity index (χ1n) is 12.8. The summed E-state index contributed by atoms with van der Waals surface area (Å²) in [5.74, 6) is 0.260. The molecule has 0 aromatic carbocycles. The first kappa shape index (κ1) is 30.8. The molecule has 8 atom stereocenters. The Hall–Kier alpha value is -3.24. The summed E-state index contributed by atoms with van der Waals surface area (Å²) in [6.45, 7) is -1.17. The van der Waals surface area contributed by atoms with Crippen LogP contribution in [0.1, 0.15) is 18.9 Å². The van der Waals surface area contributed by atoms with Gasteiger partial charge < -0.3 is 47.1 Å². The molecule has 0 spiro atoms. The molecule has 2 saturated heterocycles. The van der Waals surface area contributed by atoms with Crippen LogP contribution in [0.15, 0.2) is 25.3 Å². The molecule has 0 aliphatic carbocycles. The van der Waals surface area contributed by atoms with E-state index in [0.29, 0.717) is 11.2 Å². The Bertz CT molecular complexity index is 1770. The van der Waals surface area contributed by atoms with E-state index >= 15 is 0 Å². The Morgan fingerprint density at radius 1 is 0.841 bits per heavy atom. The second kappa shape index (κ2) is 11.6. The predicted molar refractivity (Wildman–Crippen MR) is 147 cm³/mol. The van der Waals surface area contributed by atoms with Gasteiger partial charge >= 0.3 is 15.6 Å². The lowest BCUT2D eigenvalue weighted by atomic mass is 10.1. The average Bonchev–Trinajstić information content (AvgIpc) is 3.72. The highest BCUT2D eigenvalue weighted by Gasteiger charge is 2.49. The molecule has 6 unspecified atom stereocenters. The number of ether oxygens (including phenoxy) is 2. The third kappa shape index (κ3) is 6.03. The van der Waals surface area contributed by atoms with Gasteiger partial charge in [-0.25, -0.2) is 39.0 Å². The van der Waals surface area contributed by atoms with Crippen LogP contribution in [-0.2, 0) is 32.2 Å². The molecule has 11 N–H and O–H groups in total. The molecule has 2 aliphatic rings. The number of nitrogens with zero attached hydrogens (tertiary/aromatic N) is 8. The minimum Gasteiger partial charge on any atom is -0.382 e. The Labute approximate surface area is 246 Å². The summed E-state index contributed by atoms with van der Waals surface area (Å²) in [5.41, 5.74) is 25.5. The van der Waals surface area contributed by atoms with Crippen molar-refractivity contribution in [1.82, 2.24) is 39.0 Å². The Morgan fingerprint density at radius 2 is 1.43 bits per heavy atom. The topological polar surface area (TPSA) is 332 Å². The van der Waals surface area contributed by atoms with Crippen molar-refractivity contribution in [2.75, 3.05) is 24.7 Å². The third-order valence-electron chi connectivity index (χ3n) is 7.03. The molecule has 24 heteroatoms. The van der Waals surface area contributed by atoms with Crippen LogP contribution in [0.5, 0.6) is 0 Å². The second-order valence-electron chi connectivity index (χ2n) is 9.98. The lowest BCUT2D eigenvalue weighted by Gasteiger charge is -2.24. The fourth-order valence-electron chi connectivity index (χ4n) is 5.08. The normalized spacial score (nSPS) is 29.1. The molecule has 44 heavy (non-hydrogen) atoms. The Morgan fingerprint density at radius 3 is 2.02 bits per heavy atom. The molecule has 22 nitrogen and oxygen atoms in total. The quantitative estimate of drug-likeness (QED) is 0.0931. The van der Waals surface area contributed by atoms with Crippen LogP contribution in [0.3, 0.4) is 0 Å². The maximum absolute atomic E-state index is 13.1. The summed E-state index contributed by atoms with van der Waals surface area (Å²) >= 11 is 0. The highest BCUT2D eigenvalue weighted by molar-refractivity contribution is 7.47. The fourth-order valence-corrected chi connectivity index (χ4v) is 6.42. The van der Waals surface area contributed by atoms with Crippen LogP contribution in [0.2, 0.25) is 0 Å². The number of anilines is 2. The van der Waals surface area contributed by atoms with Gasteiger partial charge in [-0.2, -0.15) is 0 Å². The zero-order chi connectivity index (χ0) is 31.4. The molecule has 238 valence electrons. The molecule has 2 fully saturated rings. The Kier molecular flexibility index (Phi) is 8.11. The van der Waals surface area contributed by atoms with Crippen LogP contribution < -0.4 is 22.9 Å². The van der Waals surface area contributed by atoms with Gasteiger partial charge in [-0.05, 0) is 6.42 Å². The van der Waals surface area contributed by atoms with E-state index in [-0.39, 0.29) is 29.2 Å². The lowest BCUT2D eigenvalue weighted by Crippen LogP contribution is -2.41. The summed E-state index contributed by atoms with van der Waals surface area (Å²) in [4.78, 5) is 53.5. The van der Waals surface area contributed by atoms with Crippen LogP contribution in [-0.4, -0.2) is 97.3 Å². The first-order chi connectivity index (χ1) is 20.8. The maximum atomic E-state index is 13.1. The van der Waals surface area contributed by atoms with Crippen molar-refractivity contribution >= 4 is 49.6 Å². The average molecular weight is 658 g/mol.